The summed E-state index contributed by atoms with van der Waals surface area (Å²) < 4.78 is 1.63. The third-order valence-electron chi connectivity index (χ3n) is 2.16. The summed E-state index contributed by atoms with van der Waals surface area (Å²) >= 11 is 0. The first-order valence-corrected chi connectivity index (χ1v) is 3.84. The zero-order valence-corrected chi connectivity index (χ0v) is 6.77. The fourth-order valence-corrected chi connectivity index (χ4v) is 1.37. The Morgan fingerprint density at radius 3 is 3.00 bits per heavy atom. The Kier molecular flexibility index (Phi) is 1.39. The molecular formula is C7H10N4O. The minimum atomic E-state index is -0.231. The molecule has 5 heteroatoms. The van der Waals surface area contributed by atoms with E-state index in [0.29, 0.717) is 0 Å². The van der Waals surface area contributed by atoms with E-state index in [-0.39, 0.29) is 17.7 Å². The van der Waals surface area contributed by atoms with Gasteiger partial charge in [-0.15, -0.1) is 5.10 Å². The van der Waals surface area contributed by atoms with Crippen molar-refractivity contribution in [3.05, 3.63) is 11.9 Å². The third-order valence-corrected chi connectivity index (χ3v) is 2.16. The number of rotatable bonds is 2. The van der Waals surface area contributed by atoms with Crippen LogP contribution in [-0.2, 0) is 11.8 Å². The van der Waals surface area contributed by atoms with Gasteiger partial charge in [-0.1, -0.05) is 5.21 Å². The number of nitrogens with zero attached hydrogens (tertiary/aromatic N) is 3. The molecule has 5 nitrogen and oxygen atoms in total. The summed E-state index contributed by atoms with van der Waals surface area (Å²) in [5.41, 5.74) is 6.01. The van der Waals surface area contributed by atoms with Crippen LogP contribution < -0.4 is 5.73 Å². The van der Waals surface area contributed by atoms with Gasteiger partial charge in [0.2, 0.25) is 5.91 Å². The molecule has 0 bridgehead atoms. The first kappa shape index (κ1) is 7.27. The fraction of sp³-hybridized carbons (Fsp3) is 0.571. The average molecular weight is 166 g/mol. The molecule has 2 unspecified atom stereocenters. The van der Waals surface area contributed by atoms with Gasteiger partial charge >= 0.3 is 0 Å². The van der Waals surface area contributed by atoms with Crippen LogP contribution in [0.25, 0.3) is 0 Å². The summed E-state index contributed by atoms with van der Waals surface area (Å²) in [6.45, 7) is 0. The van der Waals surface area contributed by atoms with Crippen LogP contribution in [0.15, 0.2) is 6.20 Å². The van der Waals surface area contributed by atoms with Crippen molar-refractivity contribution >= 4 is 5.91 Å². The number of amides is 1. The molecule has 1 amide bonds. The number of carbonyl (C=O) groups is 1. The summed E-state index contributed by atoms with van der Waals surface area (Å²) in [4.78, 5) is 10.7. The van der Waals surface area contributed by atoms with Gasteiger partial charge in [0.25, 0.3) is 0 Å². The van der Waals surface area contributed by atoms with Gasteiger partial charge in [0.1, 0.15) is 0 Å². The van der Waals surface area contributed by atoms with Gasteiger partial charge in [-0.2, -0.15) is 0 Å². The van der Waals surface area contributed by atoms with Crippen molar-refractivity contribution in [3.63, 3.8) is 0 Å². The lowest BCUT2D eigenvalue weighted by Crippen LogP contribution is -2.13. The highest BCUT2D eigenvalue weighted by Crippen LogP contribution is 2.45. The van der Waals surface area contributed by atoms with Crippen LogP contribution in [0.1, 0.15) is 18.0 Å². The number of hydrogen-bond donors (Lipinski definition) is 1. The lowest BCUT2D eigenvalue weighted by Gasteiger charge is -1.88. The number of aromatic nitrogens is 3. The molecule has 1 fully saturated rings. The van der Waals surface area contributed by atoms with Crippen LogP contribution in [-0.4, -0.2) is 20.9 Å². The molecule has 1 aromatic heterocycles. The average Bonchev–Trinajstić information content (AvgIpc) is 2.70. The van der Waals surface area contributed by atoms with Crippen molar-refractivity contribution in [2.24, 2.45) is 18.7 Å². The van der Waals surface area contributed by atoms with Crippen molar-refractivity contribution in [2.75, 3.05) is 0 Å². The van der Waals surface area contributed by atoms with E-state index in [2.05, 4.69) is 10.3 Å². The van der Waals surface area contributed by atoms with Crippen LogP contribution in [0.4, 0.5) is 0 Å². The lowest BCUT2D eigenvalue weighted by molar-refractivity contribution is -0.119. The first-order chi connectivity index (χ1) is 5.68. The maximum absolute atomic E-state index is 10.7. The number of carbonyl (C=O) groups excluding carboxylic acids is 1. The summed E-state index contributed by atoms with van der Waals surface area (Å²) in [5.74, 6) is -0.0245. The van der Waals surface area contributed by atoms with E-state index in [0.717, 1.165) is 12.1 Å². The number of primary amides is 1. The summed E-state index contributed by atoms with van der Waals surface area (Å²) in [6, 6.07) is 0. The second-order valence-electron chi connectivity index (χ2n) is 3.17. The SMILES string of the molecule is Cn1cc(C2CC2C(N)=O)nn1. The Labute approximate surface area is 69.5 Å². The van der Waals surface area contributed by atoms with E-state index < -0.39 is 0 Å². The maximum Gasteiger partial charge on any atom is 0.221 e. The van der Waals surface area contributed by atoms with Gasteiger partial charge < -0.3 is 5.73 Å². The van der Waals surface area contributed by atoms with E-state index in [9.17, 15) is 4.79 Å². The number of aryl methyl sites for hydroxylation is 1. The van der Waals surface area contributed by atoms with Gasteiger partial charge in [0, 0.05) is 25.1 Å². The van der Waals surface area contributed by atoms with Crippen molar-refractivity contribution in [1.29, 1.82) is 0 Å². The smallest absolute Gasteiger partial charge is 0.221 e. The minimum absolute atomic E-state index is 0.0123. The molecule has 0 aromatic carbocycles. The highest BCUT2D eigenvalue weighted by Gasteiger charge is 2.44. The Balaban J connectivity index is 2.10. The molecule has 0 saturated heterocycles. The number of nitrogens with two attached hydrogens (primary N) is 1. The topological polar surface area (TPSA) is 73.8 Å². The molecule has 1 aliphatic carbocycles. The highest BCUT2D eigenvalue weighted by molar-refractivity contribution is 5.80. The van der Waals surface area contributed by atoms with Crippen molar-refractivity contribution in [3.8, 4) is 0 Å². The third kappa shape index (κ3) is 1.07. The van der Waals surface area contributed by atoms with Gasteiger partial charge in [-0.25, -0.2) is 0 Å². The predicted octanol–water partition coefficient (Wildman–Crippen LogP) is -0.596. The fourth-order valence-electron chi connectivity index (χ4n) is 1.37. The summed E-state index contributed by atoms with van der Waals surface area (Å²) in [5, 5.41) is 7.70. The van der Waals surface area contributed by atoms with Gasteiger partial charge in [0.05, 0.1) is 5.69 Å². The molecule has 1 aliphatic rings. The Bertz CT molecular complexity index is 319. The van der Waals surface area contributed by atoms with E-state index in [4.69, 9.17) is 5.73 Å². The molecular weight excluding hydrogens is 156 g/mol. The van der Waals surface area contributed by atoms with E-state index in [1.165, 1.54) is 0 Å². The quantitative estimate of drug-likeness (QED) is 0.637. The predicted molar refractivity (Wildman–Crippen MR) is 41.0 cm³/mol. The van der Waals surface area contributed by atoms with Crippen molar-refractivity contribution < 1.29 is 4.79 Å². The van der Waals surface area contributed by atoms with Crippen molar-refractivity contribution in [1.82, 2.24) is 15.0 Å². The second-order valence-corrected chi connectivity index (χ2v) is 3.17. The molecule has 2 atom stereocenters. The Hall–Kier alpha value is -1.39. The van der Waals surface area contributed by atoms with Gasteiger partial charge in [0.15, 0.2) is 0 Å². The van der Waals surface area contributed by atoms with E-state index >= 15 is 0 Å². The monoisotopic (exact) mass is 166 g/mol. The minimum Gasteiger partial charge on any atom is -0.369 e. The van der Waals surface area contributed by atoms with Crippen LogP contribution >= 0.6 is 0 Å². The second kappa shape index (κ2) is 2.30. The van der Waals surface area contributed by atoms with Crippen LogP contribution in [0.3, 0.4) is 0 Å². The first-order valence-electron chi connectivity index (χ1n) is 3.84. The standard InChI is InChI=1S/C7H10N4O/c1-11-3-6(9-10-11)4-2-5(4)7(8)12/h3-5H,2H2,1H3,(H2,8,12). The van der Waals surface area contributed by atoms with Crippen LogP contribution in [0.5, 0.6) is 0 Å². The van der Waals surface area contributed by atoms with Gasteiger partial charge in [-0.05, 0) is 6.42 Å². The van der Waals surface area contributed by atoms with E-state index in [1.54, 1.807) is 11.7 Å². The molecule has 1 heterocycles. The molecule has 0 aliphatic heterocycles. The summed E-state index contributed by atoms with van der Waals surface area (Å²) in [7, 11) is 1.80. The largest absolute Gasteiger partial charge is 0.369 e. The molecule has 0 spiro atoms. The van der Waals surface area contributed by atoms with Crippen LogP contribution in [0, 0.1) is 5.92 Å². The van der Waals surface area contributed by atoms with Crippen molar-refractivity contribution in [2.45, 2.75) is 12.3 Å². The summed E-state index contributed by atoms with van der Waals surface area (Å²) in [6.07, 6.45) is 2.65. The Morgan fingerprint density at radius 1 is 1.83 bits per heavy atom. The normalized spacial score (nSPS) is 27.1. The molecule has 0 radical (unpaired) electrons. The molecule has 64 valence electrons. The van der Waals surface area contributed by atoms with Crippen LogP contribution in [0.2, 0.25) is 0 Å². The highest BCUT2D eigenvalue weighted by atomic mass is 16.1. The zero-order chi connectivity index (χ0) is 8.72. The lowest BCUT2D eigenvalue weighted by atomic mass is 10.2. The van der Waals surface area contributed by atoms with E-state index in [1.807, 2.05) is 6.20 Å². The zero-order valence-electron chi connectivity index (χ0n) is 6.77. The Morgan fingerprint density at radius 2 is 2.58 bits per heavy atom. The van der Waals surface area contributed by atoms with Gasteiger partial charge in [-0.3, -0.25) is 9.48 Å². The molecule has 2 rings (SSSR count). The maximum atomic E-state index is 10.7. The molecule has 1 aromatic rings. The molecule has 1 saturated carbocycles. The molecule has 2 N–H and O–H groups in total. The molecule has 12 heavy (non-hydrogen) atoms. The number of hydrogen-bond acceptors (Lipinski definition) is 3.